The van der Waals surface area contributed by atoms with Gasteiger partial charge in [0.2, 0.25) is 0 Å². The number of piperidine rings is 2. The number of nitrogens with one attached hydrogen (secondary N) is 2. The van der Waals surface area contributed by atoms with Crippen molar-refractivity contribution in [2.75, 3.05) is 11.9 Å². The number of para-hydroxylation sites is 1. The van der Waals surface area contributed by atoms with E-state index in [4.69, 9.17) is 12.2 Å². The van der Waals surface area contributed by atoms with Crippen LogP contribution in [0.25, 0.3) is 0 Å². The summed E-state index contributed by atoms with van der Waals surface area (Å²) < 4.78 is 0. The van der Waals surface area contributed by atoms with Gasteiger partial charge < -0.3 is 10.6 Å². The molecule has 2 bridgehead atoms. The first kappa shape index (κ1) is 18.5. The van der Waals surface area contributed by atoms with Crippen LogP contribution < -0.4 is 10.6 Å². The van der Waals surface area contributed by atoms with E-state index in [0.717, 1.165) is 17.2 Å². The number of benzene rings is 2. The van der Waals surface area contributed by atoms with E-state index < -0.39 is 0 Å². The number of fused-ring (bicyclic) bond motifs is 2. The molecular formula is C23H29N3S. The average molecular weight is 380 g/mol. The van der Waals surface area contributed by atoms with Crippen molar-refractivity contribution in [1.82, 2.24) is 10.2 Å². The fourth-order valence-electron chi connectivity index (χ4n) is 4.74. The maximum atomic E-state index is 5.56. The molecule has 0 amide bonds. The van der Waals surface area contributed by atoms with Crippen molar-refractivity contribution in [1.29, 1.82) is 0 Å². The molecule has 4 heteroatoms. The molecule has 0 saturated carbocycles. The Kier molecular flexibility index (Phi) is 6.05. The Morgan fingerprint density at radius 1 is 0.926 bits per heavy atom. The van der Waals surface area contributed by atoms with E-state index in [0.29, 0.717) is 18.1 Å². The highest BCUT2D eigenvalue weighted by Gasteiger charge is 2.37. The molecule has 2 aromatic carbocycles. The highest BCUT2D eigenvalue weighted by molar-refractivity contribution is 7.80. The molecule has 27 heavy (non-hydrogen) atoms. The fourth-order valence-corrected chi connectivity index (χ4v) is 5.02. The minimum absolute atomic E-state index is 0.483. The summed E-state index contributed by atoms with van der Waals surface area (Å²) in [4.78, 5) is 2.78. The van der Waals surface area contributed by atoms with E-state index in [1.54, 1.807) is 0 Å². The zero-order valence-corrected chi connectivity index (χ0v) is 16.6. The molecule has 2 aliphatic heterocycles. The fraction of sp³-hybridized carbons (Fsp3) is 0.435. The van der Waals surface area contributed by atoms with Gasteiger partial charge in [-0.2, -0.15) is 0 Å². The Morgan fingerprint density at radius 2 is 1.56 bits per heavy atom. The lowest BCUT2D eigenvalue weighted by Crippen LogP contribution is -2.57. The molecule has 3 atom stereocenters. The van der Waals surface area contributed by atoms with Crippen LogP contribution in [-0.2, 0) is 6.42 Å². The van der Waals surface area contributed by atoms with Crippen molar-refractivity contribution in [2.24, 2.45) is 0 Å². The number of anilines is 1. The normalized spacial score (nSPS) is 25.0. The van der Waals surface area contributed by atoms with Gasteiger partial charge in [-0.1, -0.05) is 55.0 Å². The summed E-state index contributed by atoms with van der Waals surface area (Å²) in [5.74, 6) is 0. The Bertz CT molecular complexity index is 720. The van der Waals surface area contributed by atoms with Crippen LogP contribution in [0.5, 0.6) is 0 Å². The van der Waals surface area contributed by atoms with Gasteiger partial charge in [0.1, 0.15) is 0 Å². The summed E-state index contributed by atoms with van der Waals surface area (Å²) in [6.45, 7) is 1.18. The van der Waals surface area contributed by atoms with E-state index in [9.17, 15) is 0 Å². The van der Waals surface area contributed by atoms with Crippen LogP contribution >= 0.6 is 12.2 Å². The number of thiocarbonyl (C=S) groups is 1. The third-order valence-corrected chi connectivity index (χ3v) is 6.21. The summed E-state index contributed by atoms with van der Waals surface area (Å²) in [5, 5.41) is 7.66. The molecule has 2 aromatic rings. The van der Waals surface area contributed by atoms with Crippen LogP contribution in [0, 0.1) is 0 Å². The highest BCUT2D eigenvalue weighted by Crippen LogP contribution is 2.34. The molecule has 2 saturated heterocycles. The smallest absolute Gasteiger partial charge is 0.170 e. The van der Waals surface area contributed by atoms with Crippen molar-refractivity contribution in [2.45, 2.75) is 56.7 Å². The molecule has 0 aliphatic carbocycles. The second-order valence-electron chi connectivity index (χ2n) is 7.84. The third kappa shape index (κ3) is 4.88. The highest BCUT2D eigenvalue weighted by atomic mass is 32.1. The topological polar surface area (TPSA) is 27.3 Å². The predicted octanol–water partition coefficient (Wildman–Crippen LogP) is 4.60. The van der Waals surface area contributed by atoms with Gasteiger partial charge in [-0.3, -0.25) is 4.90 Å². The van der Waals surface area contributed by atoms with Gasteiger partial charge in [-0.15, -0.1) is 0 Å². The number of hydrogen-bond donors (Lipinski definition) is 2. The lowest BCUT2D eigenvalue weighted by Gasteiger charge is -2.49. The second-order valence-corrected chi connectivity index (χ2v) is 8.25. The first-order chi connectivity index (χ1) is 13.3. The molecule has 4 rings (SSSR count). The Labute approximate surface area is 168 Å². The summed E-state index contributed by atoms with van der Waals surface area (Å²) in [6, 6.07) is 22.9. The maximum absolute atomic E-state index is 5.56. The third-order valence-electron chi connectivity index (χ3n) is 5.99. The minimum Gasteiger partial charge on any atom is -0.360 e. The number of nitrogens with zero attached hydrogens (tertiary/aromatic N) is 1. The van der Waals surface area contributed by atoms with Crippen LogP contribution in [0.1, 0.15) is 37.7 Å². The number of hydrogen-bond acceptors (Lipinski definition) is 2. The van der Waals surface area contributed by atoms with Gasteiger partial charge in [0, 0.05) is 30.4 Å². The molecule has 0 radical (unpaired) electrons. The molecule has 2 N–H and O–H groups in total. The van der Waals surface area contributed by atoms with Crippen molar-refractivity contribution in [3.8, 4) is 0 Å². The predicted molar refractivity (Wildman–Crippen MR) is 117 cm³/mol. The Morgan fingerprint density at radius 3 is 2.22 bits per heavy atom. The van der Waals surface area contributed by atoms with Crippen molar-refractivity contribution in [3.05, 3.63) is 66.2 Å². The quantitative estimate of drug-likeness (QED) is 0.743. The van der Waals surface area contributed by atoms with Gasteiger partial charge in [0.25, 0.3) is 0 Å². The zero-order chi connectivity index (χ0) is 18.5. The average Bonchev–Trinajstić information content (AvgIpc) is 2.68. The molecule has 3 nitrogen and oxygen atoms in total. The van der Waals surface area contributed by atoms with Gasteiger partial charge >= 0.3 is 0 Å². The van der Waals surface area contributed by atoms with Crippen LogP contribution in [-0.4, -0.2) is 34.7 Å². The van der Waals surface area contributed by atoms with Crippen molar-refractivity contribution in [3.63, 3.8) is 0 Å². The van der Waals surface area contributed by atoms with Crippen LogP contribution in [0.4, 0.5) is 5.69 Å². The van der Waals surface area contributed by atoms with Crippen molar-refractivity contribution >= 4 is 23.0 Å². The van der Waals surface area contributed by atoms with E-state index in [2.05, 4.69) is 58.0 Å². The van der Waals surface area contributed by atoms with Gasteiger partial charge in [-0.25, -0.2) is 0 Å². The summed E-state index contributed by atoms with van der Waals surface area (Å²) >= 11 is 5.56. The molecular weight excluding hydrogens is 350 g/mol. The minimum atomic E-state index is 0.483. The molecule has 0 aromatic heterocycles. The standard InChI is InChI=1S/C23H29N3S/c27-23(24-19-10-5-2-6-11-19)25-20-16-21-12-7-13-22(17-20)26(21)15-14-18-8-3-1-4-9-18/h1-6,8-11,20-22H,7,12-17H2,(H2,24,25,27)/t20?,21-,22+. The van der Waals surface area contributed by atoms with Crippen molar-refractivity contribution < 1.29 is 0 Å². The van der Waals surface area contributed by atoms with Crippen LogP contribution in [0.2, 0.25) is 0 Å². The summed E-state index contributed by atoms with van der Waals surface area (Å²) in [7, 11) is 0. The zero-order valence-electron chi connectivity index (χ0n) is 15.8. The summed E-state index contributed by atoms with van der Waals surface area (Å²) in [5.41, 5.74) is 2.50. The Balaban J connectivity index is 1.31. The van der Waals surface area contributed by atoms with Gasteiger partial charge in [0.15, 0.2) is 5.11 Å². The first-order valence-corrected chi connectivity index (χ1v) is 10.6. The number of rotatable bonds is 5. The summed E-state index contributed by atoms with van der Waals surface area (Å²) in [6.07, 6.45) is 7.56. The molecule has 2 aliphatic rings. The molecule has 1 unspecified atom stereocenters. The molecule has 142 valence electrons. The monoisotopic (exact) mass is 379 g/mol. The van der Waals surface area contributed by atoms with Gasteiger partial charge in [-0.05, 0) is 62.0 Å². The molecule has 0 spiro atoms. The lowest BCUT2D eigenvalue weighted by atomic mass is 9.81. The molecule has 2 fully saturated rings. The van der Waals surface area contributed by atoms with E-state index in [1.165, 1.54) is 44.2 Å². The van der Waals surface area contributed by atoms with Crippen LogP contribution in [0.3, 0.4) is 0 Å². The first-order valence-electron chi connectivity index (χ1n) is 10.2. The lowest BCUT2D eigenvalue weighted by molar-refractivity contribution is 0.0293. The van der Waals surface area contributed by atoms with E-state index in [-0.39, 0.29) is 0 Å². The van der Waals surface area contributed by atoms with Crippen LogP contribution in [0.15, 0.2) is 60.7 Å². The van der Waals surface area contributed by atoms with E-state index >= 15 is 0 Å². The van der Waals surface area contributed by atoms with Gasteiger partial charge in [0.05, 0.1) is 0 Å². The Hall–Kier alpha value is -1.91. The van der Waals surface area contributed by atoms with E-state index in [1.807, 2.05) is 18.2 Å². The SMILES string of the molecule is S=C(Nc1ccccc1)NC1C[C@H]2CCC[C@@H](C1)N2CCc1ccccc1. The largest absolute Gasteiger partial charge is 0.360 e. The maximum Gasteiger partial charge on any atom is 0.170 e. The molecule has 2 heterocycles. The second kappa shape index (κ2) is 8.85.